The predicted molar refractivity (Wildman–Crippen MR) is 91.7 cm³/mol. The van der Waals surface area contributed by atoms with Crippen LogP contribution in [-0.2, 0) is 0 Å². The van der Waals surface area contributed by atoms with Crippen LogP contribution in [0.15, 0.2) is 18.5 Å². The Labute approximate surface area is 143 Å². The van der Waals surface area contributed by atoms with Crippen molar-refractivity contribution in [2.75, 3.05) is 25.0 Å². The number of imidazole rings is 1. The van der Waals surface area contributed by atoms with Gasteiger partial charge in [-0.2, -0.15) is 5.10 Å². The molecular formula is C15H19N7OS. The number of rotatable bonds is 3. The molecule has 1 aliphatic rings. The van der Waals surface area contributed by atoms with Gasteiger partial charge < -0.3 is 10.2 Å². The van der Waals surface area contributed by atoms with E-state index < -0.39 is 0 Å². The number of amides is 1. The number of aromatic nitrogens is 5. The van der Waals surface area contributed by atoms with Crippen molar-refractivity contribution >= 4 is 27.3 Å². The smallest absolute Gasteiger partial charge is 0.271 e. The van der Waals surface area contributed by atoms with Gasteiger partial charge >= 0.3 is 0 Å². The van der Waals surface area contributed by atoms with Gasteiger partial charge in [0.15, 0.2) is 0 Å². The van der Waals surface area contributed by atoms with Crippen LogP contribution >= 0.6 is 11.3 Å². The summed E-state index contributed by atoms with van der Waals surface area (Å²) in [5.74, 6) is -0.155. The summed E-state index contributed by atoms with van der Waals surface area (Å²) in [6.07, 6.45) is 5.95. The molecule has 1 aliphatic heterocycles. The molecule has 0 bridgehead atoms. The van der Waals surface area contributed by atoms with Gasteiger partial charge in [-0.15, -0.1) is 5.10 Å². The molecule has 8 nitrogen and oxygen atoms in total. The van der Waals surface area contributed by atoms with Crippen molar-refractivity contribution in [1.82, 2.24) is 29.7 Å². The Morgan fingerprint density at radius 3 is 3.08 bits per heavy atom. The van der Waals surface area contributed by atoms with Crippen LogP contribution in [0.2, 0.25) is 0 Å². The molecule has 0 aliphatic carbocycles. The number of nitrogens with zero attached hydrogens (tertiary/aromatic N) is 6. The Hall–Kier alpha value is -2.42. The number of piperidine rings is 1. The highest BCUT2D eigenvalue weighted by Gasteiger charge is 2.25. The largest absolute Gasteiger partial charge is 0.354 e. The van der Waals surface area contributed by atoms with Crippen molar-refractivity contribution in [3.63, 3.8) is 0 Å². The normalized spacial score (nSPS) is 18.2. The first-order valence-electron chi connectivity index (χ1n) is 7.99. The first-order chi connectivity index (χ1) is 11.6. The number of hydrogen-bond donors (Lipinski definition) is 1. The van der Waals surface area contributed by atoms with E-state index in [1.54, 1.807) is 24.5 Å². The average Bonchev–Trinajstić information content (AvgIpc) is 3.28. The van der Waals surface area contributed by atoms with Gasteiger partial charge in [-0.25, -0.2) is 9.50 Å². The molecule has 4 heterocycles. The standard InChI is InChI=1S/C15H19N7OS/c1-10-8-22-14(17-10)24-15(19-22)20-6-3-4-11(9-20)21-7-5-12(18-21)13(23)16-2/h5,7-8,11H,3-4,6,9H2,1-2H3,(H,16,23)/t11-/m1/s1. The van der Waals surface area contributed by atoms with Crippen molar-refractivity contribution in [3.8, 4) is 0 Å². The average molecular weight is 345 g/mol. The molecule has 1 fully saturated rings. The quantitative estimate of drug-likeness (QED) is 0.778. The Bertz CT molecular complexity index is 848. The second-order valence-electron chi connectivity index (χ2n) is 6.00. The lowest BCUT2D eigenvalue weighted by Crippen LogP contribution is -2.37. The van der Waals surface area contributed by atoms with Crippen LogP contribution in [0.4, 0.5) is 5.13 Å². The SMILES string of the molecule is CNC(=O)c1ccn([C@@H]2CCCN(c3nn4cc(C)nc4s3)C2)n1. The molecule has 3 aromatic rings. The molecule has 3 aromatic heterocycles. The van der Waals surface area contributed by atoms with Crippen LogP contribution in [-0.4, -0.2) is 50.4 Å². The van der Waals surface area contributed by atoms with Crippen LogP contribution in [0.5, 0.6) is 0 Å². The van der Waals surface area contributed by atoms with E-state index >= 15 is 0 Å². The van der Waals surface area contributed by atoms with Gasteiger partial charge in [0.05, 0.1) is 17.9 Å². The number of carbonyl (C=O) groups excluding carboxylic acids is 1. The van der Waals surface area contributed by atoms with Gasteiger partial charge in [0, 0.05) is 26.3 Å². The third-order valence-corrected chi connectivity index (χ3v) is 5.25. The van der Waals surface area contributed by atoms with E-state index in [2.05, 4.69) is 25.4 Å². The lowest BCUT2D eigenvalue weighted by Gasteiger charge is -2.32. The second-order valence-corrected chi connectivity index (χ2v) is 6.93. The maximum Gasteiger partial charge on any atom is 0.271 e. The number of hydrogen-bond acceptors (Lipinski definition) is 6. The second kappa shape index (κ2) is 5.90. The highest BCUT2D eigenvalue weighted by atomic mass is 32.1. The maximum absolute atomic E-state index is 11.7. The van der Waals surface area contributed by atoms with E-state index in [1.807, 2.05) is 28.5 Å². The summed E-state index contributed by atoms with van der Waals surface area (Å²) in [7, 11) is 1.62. The Morgan fingerprint density at radius 2 is 2.29 bits per heavy atom. The van der Waals surface area contributed by atoms with Gasteiger partial charge in [-0.05, 0) is 25.8 Å². The molecule has 0 radical (unpaired) electrons. The highest BCUT2D eigenvalue weighted by Crippen LogP contribution is 2.29. The minimum Gasteiger partial charge on any atom is -0.354 e. The van der Waals surface area contributed by atoms with Crippen LogP contribution in [0.25, 0.3) is 4.96 Å². The molecule has 1 atom stereocenters. The number of carbonyl (C=O) groups is 1. The van der Waals surface area contributed by atoms with Crippen LogP contribution in [0.1, 0.15) is 35.1 Å². The predicted octanol–water partition coefficient (Wildman–Crippen LogP) is 1.50. The first kappa shape index (κ1) is 15.1. The van der Waals surface area contributed by atoms with Crippen molar-refractivity contribution in [1.29, 1.82) is 0 Å². The summed E-state index contributed by atoms with van der Waals surface area (Å²) >= 11 is 1.61. The summed E-state index contributed by atoms with van der Waals surface area (Å²) in [4.78, 5) is 19.3. The van der Waals surface area contributed by atoms with Gasteiger partial charge in [-0.1, -0.05) is 11.3 Å². The molecule has 1 N–H and O–H groups in total. The molecule has 126 valence electrons. The van der Waals surface area contributed by atoms with E-state index in [-0.39, 0.29) is 11.9 Å². The van der Waals surface area contributed by atoms with Crippen LogP contribution in [0.3, 0.4) is 0 Å². The van der Waals surface area contributed by atoms with Gasteiger partial charge in [0.1, 0.15) is 5.69 Å². The molecule has 0 aromatic carbocycles. The summed E-state index contributed by atoms with van der Waals surface area (Å²) in [6.45, 7) is 3.79. The van der Waals surface area contributed by atoms with E-state index in [0.29, 0.717) is 5.69 Å². The number of nitrogens with one attached hydrogen (secondary N) is 1. The number of fused-ring (bicyclic) bond motifs is 1. The first-order valence-corrected chi connectivity index (χ1v) is 8.80. The topological polar surface area (TPSA) is 80.4 Å². The van der Waals surface area contributed by atoms with Crippen molar-refractivity contribution in [2.24, 2.45) is 0 Å². The van der Waals surface area contributed by atoms with Gasteiger partial charge in [0.2, 0.25) is 10.1 Å². The number of aryl methyl sites for hydroxylation is 1. The molecule has 1 amide bonds. The number of anilines is 1. The Balaban J connectivity index is 1.53. The van der Waals surface area contributed by atoms with E-state index in [9.17, 15) is 4.79 Å². The minimum absolute atomic E-state index is 0.155. The summed E-state index contributed by atoms with van der Waals surface area (Å²) < 4.78 is 3.75. The molecule has 0 spiro atoms. The van der Waals surface area contributed by atoms with Crippen LogP contribution in [0, 0.1) is 6.92 Å². The summed E-state index contributed by atoms with van der Waals surface area (Å²) in [5.41, 5.74) is 1.44. The lowest BCUT2D eigenvalue weighted by atomic mass is 10.1. The third kappa shape index (κ3) is 2.64. The molecule has 0 unspecified atom stereocenters. The van der Waals surface area contributed by atoms with Crippen LogP contribution < -0.4 is 10.2 Å². The van der Waals surface area contributed by atoms with Crippen molar-refractivity contribution < 1.29 is 4.79 Å². The fourth-order valence-electron chi connectivity index (χ4n) is 3.06. The maximum atomic E-state index is 11.7. The van der Waals surface area contributed by atoms with Crippen molar-refractivity contribution in [2.45, 2.75) is 25.8 Å². The van der Waals surface area contributed by atoms with Crippen molar-refractivity contribution in [3.05, 3.63) is 29.8 Å². The molecule has 24 heavy (non-hydrogen) atoms. The summed E-state index contributed by atoms with van der Waals surface area (Å²) in [5, 5.41) is 12.6. The Morgan fingerprint density at radius 1 is 1.42 bits per heavy atom. The third-order valence-electron chi connectivity index (χ3n) is 4.26. The zero-order chi connectivity index (χ0) is 16.7. The van der Waals surface area contributed by atoms with Gasteiger partial charge in [0.25, 0.3) is 5.91 Å². The van der Waals surface area contributed by atoms with E-state index in [4.69, 9.17) is 0 Å². The Kier molecular flexibility index (Phi) is 3.72. The fourth-order valence-corrected chi connectivity index (χ4v) is 4.03. The fraction of sp³-hybridized carbons (Fsp3) is 0.467. The summed E-state index contributed by atoms with van der Waals surface area (Å²) in [6, 6.07) is 2.01. The zero-order valence-electron chi connectivity index (χ0n) is 13.6. The molecule has 4 rings (SSSR count). The zero-order valence-corrected chi connectivity index (χ0v) is 14.5. The molecule has 1 saturated heterocycles. The lowest BCUT2D eigenvalue weighted by molar-refractivity contribution is 0.0957. The van der Waals surface area contributed by atoms with E-state index in [0.717, 1.165) is 41.7 Å². The molecule has 0 saturated carbocycles. The minimum atomic E-state index is -0.155. The monoisotopic (exact) mass is 345 g/mol. The van der Waals surface area contributed by atoms with Gasteiger partial charge in [-0.3, -0.25) is 9.48 Å². The molecular weight excluding hydrogens is 326 g/mol. The van der Waals surface area contributed by atoms with E-state index in [1.165, 1.54) is 0 Å². The highest BCUT2D eigenvalue weighted by molar-refractivity contribution is 7.20. The molecule has 9 heteroatoms.